The first-order valence-electron chi connectivity index (χ1n) is 7.01. The summed E-state index contributed by atoms with van der Waals surface area (Å²) in [6, 6.07) is 1.30. The third kappa shape index (κ3) is 4.02. The lowest BCUT2D eigenvalue weighted by Crippen LogP contribution is -2.45. The van der Waals surface area contributed by atoms with Gasteiger partial charge < -0.3 is 4.74 Å². The summed E-state index contributed by atoms with van der Waals surface area (Å²) in [5.41, 5.74) is -0.322. The Morgan fingerprint density at radius 1 is 1.17 bits per heavy atom. The summed E-state index contributed by atoms with van der Waals surface area (Å²) >= 11 is 0. The van der Waals surface area contributed by atoms with Crippen molar-refractivity contribution in [1.29, 1.82) is 0 Å². The van der Waals surface area contributed by atoms with Crippen molar-refractivity contribution in [3.8, 4) is 0 Å². The minimum Gasteiger partial charge on any atom is -0.381 e. The van der Waals surface area contributed by atoms with Gasteiger partial charge in [0, 0.05) is 20.3 Å². The van der Waals surface area contributed by atoms with Gasteiger partial charge in [-0.2, -0.15) is 17.5 Å². The highest BCUT2D eigenvalue weighted by molar-refractivity contribution is 7.89. The Morgan fingerprint density at radius 3 is 2.17 bits per heavy atom. The van der Waals surface area contributed by atoms with E-state index in [0.29, 0.717) is 4.31 Å². The average molecular weight is 355 g/mol. The molecule has 0 amide bonds. The quantitative estimate of drug-likeness (QED) is 0.781. The molecule has 1 aliphatic rings. The highest BCUT2D eigenvalue weighted by Gasteiger charge is 2.49. The molecule has 23 heavy (non-hydrogen) atoms. The molecule has 9 heteroatoms. The normalized spacial score (nSPS) is 19.0. The summed E-state index contributed by atoms with van der Waals surface area (Å²) in [6.07, 6.45) is -4.51. The molecule has 0 radical (unpaired) electrons. The molecule has 0 N–H and O–H groups in total. The van der Waals surface area contributed by atoms with Crippen LogP contribution >= 0.6 is 0 Å². The van der Waals surface area contributed by atoms with Crippen LogP contribution < -0.4 is 0 Å². The molecule has 0 spiro atoms. The summed E-state index contributed by atoms with van der Waals surface area (Å²) < 4.78 is 83.7. The van der Waals surface area contributed by atoms with Crippen molar-refractivity contribution in [3.05, 3.63) is 35.6 Å². The molecule has 1 aliphatic heterocycles. The van der Waals surface area contributed by atoms with Crippen LogP contribution in [-0.4, -0.2) is 44.4 Å². The first-order valence-corrected chi connectivity index (χ1v) is 8.51. The van der Waals surface area contributed by atoms with E-state index in [0.717, 1.165) is 31.3 Å². The molecule has 1 atom stereocenters. The van der Waals surface area contributed by atoms with Crippen LogP contribution in [0.3, 0.4) is 0 Å². The molecule has 0 saturated carbocycles. The van der Waals surface area contributed by atoms with Crippen molar-refractivity contribution in [2.45, 2.75) is 30.3 Å². The van der Waals surface area contributed by atoms with E-state index in [1.807, 2.05) is 0 Å². The minimum absolute atomic E-state index is 0.153. The van der Waals surface area contributed by atoms with Crippen LogP contribution in [0.2, 0.25) is 0 Å². The van der Waals surface area contributed by atoms with E-state index >= 15 is 0 Å². The van der Waals surface area contributed by atoms with Gasteiger partial charge >= 0.3 is 6.18 Å². The minimum atomic E-state index is -4.81. The molecule has 4 nitrogen and oxygen atoms in total. The zero-order valence-electron chi connectivity index (χ0n) is 12.4. The van der Waals surface area contributed by atoms with Gasteiger partial charge in [0.15, 0.2) is 0 Å². The first-order chi connectivity index (χ1) is 10.6. The van der Waals surface area contributed by atoms with Crippen molar-refractivity contribution in [1.82, 2.24) is 4.31 Å². The number of halogens is 4. The standard InChI is InChI=1S/C14H17F4NO3S/c1-19(23(20,21)12-6-8-22-9-7-12)13(14(16,17)18)10-2-4-11(15)5-3-10/h2-5,12-13H,6-9H2,1H3/t13-/m1/s1. The van der Waals surface area contributed by atoms with E-state index in [4.69, 9.17) is 4.74 Å². The van der Waals surface area contributed by atoms with E-state index in [2.05, 4.69) is 0 Å². The smallest absolute Gasteiger partial charge is 0.381 e. The second-order valence-electron chi connectivity index (χ2n) is 5.37. The second-order valence-corrected chi connectivity index (χ2v) is 7.64. The van der Waals surface area contributed by atoms with Crippen LogP contribution in [0.15, 0.2) is 24.3 Å². The molecule has 0 bridgehead atoms. The van der Waals surface area contributed by atoms with Crippen LogP contribution in [0.1, 0.15) is 24.4 Å². The molecule has 1 saturated heterocycles. The third-order valence-corrected chi connectivity index (χ3v) is 6.18. The third-order valence-electron chi connectivity index (χ3n) is 3.85. The molecule has 2 rings (SSSR count). The van der Waals surface area contributed by atoms with Gasteiger partial charge in [0.25, 0.3) is 0 Å². The molecule has 1 aromatic rings. The summed E-state index contributed by atoms with van der Waals surface area (Å²) in [5, 5.41) is -0.911. The van der Waals surface area contributed by atoms with Gasteiger partial charge in [0.05, 0.1) is 5.25 Å². The molecule has 1 aromatic carbocycles. The molecule has 1 fully saturated rings. The van der Waals surface area contributed by atoms with Gasteiger partial charge in [-0.05, 0) is 30.5 Å². The van der Waals surface area contributed by atoms with E-state index in [-0.39, 0.29) is 31.6 Å². The molecule has 130 valence electrons. The lowest BCUT2D eigenvalue weighted by molar-refractivity contribution is -0.171. The van der Waals surface area contributed by atoms with Gasteiger partial charge in [-0.25, -0.2) is 12.8 Å². The lowest BCUT2D eigenvalue weighted by atomic mass is 10.1. The lowest BCUT2D eigenvalue weighted by Gasteiger charge is -2.33. The van der Waals surface area contributed by atoms with E-state index in [1.165, 1.54) is 0 Å². The van der Waals surface area contributed by atoms with Crippen LogP contribution in [-0.2, 0) is 14.8 Å². The zero-order chi connectivity index (χ0) is 17.3. The number of ether oxygens (including phenoxy) is 1. The fraction of sp³-hybridized carbons (Fsp3) is 0.571. The van der Waals surface area contributed by atoms with Crippen LogP contribution in [0.5, 0.6) is 0 Å². The number of sulfonamides is 1. The van der Waals surface area contributed by atoms with Crippen molar-refractivity contribution in [2.24, 2.45) is 0 Å². The van der Waals surface area contributed by atoms with Crippen molar-refractivity contribution < 1.29 is 30.7 Å². The Morgan fingerprint density at radius 2 is 1.70 bits per heavy atom. The second kappa shape index (κ2) is 6.74. The number of benzene rings is 1. The predicted octanol–water partition coefficient (Wildman–Crippen LogP) is 2.87. The van der Waals surface area contributed by atoms with Crippen molar-refractivity contribution in [3.63, 3.8) is 0 Å². The Hall–Kier alpha value is -1.19. The van der Waals surface area contributed by atoms with E-state index < -0.39 is 33.3 Å². The van der Waals surface area contributed by atoms with E-state index in [9.17, 15) is 26.0 Å². The number of alkyl halides is 3. The predicted molar refractivity (Wildman–Crippen MR) is 75.7 cm³/mol. The highest BCUT2D eigenvalue weighted by Crippen LogP contribution is 2.39. The maximum absolute atomic E-state index is 13.4. The highest BCUT2D eigenvalue weighted by atomic mass is 32.2. The maximum atomic E-state index is 13.4. The molecule has 0 unspecified atom stereocenters. The summed E-state index contributed by atoms with van der Waals surface area (Å²) in [4.78, 5) is 0. The maximum Gasteiger partial charge on any atom is 0.409 e. The molecule has 0 aromatic heterocycles. The Labute approximate surface area is 132 Å². The number of hydrogen-bond acceptors (Lipinski definition) is 3. The van der Waals surface area contributed by atoms with Gasteiger partial charge in [-0.3, -0.25) is 0 Å². The van der Waals surface area contributed by atoms with Crippen LogP contribution in [0.4, 0.5) is 17.6 Å². The van der Waals surface area contributed by atoms with Crippen molar-refractivity contribution in [2.75, 3.05) is 20.3 Å². The number of nitrogens with zero attached hydrogens (tertiary/aromatic N) is 1. The summed E-state index contributed by atoms with van der Waals surface area (Å²) in [6.45, 7) is 0.399. The monoisotopic (exact) mass is 355 g/mol. The van der Waals surface area contributed by atoms with Gasteiger partial charge in [-0.15, -0.1) is 0 Å². The van der Waals surface area contributed by atoms with Crippen LogP contribution in [0, 0.1) is 5.82 Å². The number of hydrogen-bond donors (Lipinski definition) is 0. The Kier molecular flexibility index (Phi) is 5.32. The molecular formula is C14H17F4NO3S. The van der Waals surface area contributed by atoms with Gasteiger partial charge in [0.2, 0.25) is 10.0 Å². The Balaban J connectivity index is 2.37. The molecular weight excluding hydrogens is 338 g/mol. The fourth-order valence-electron chi connectivity index (χ4n) is 2.61. The first kappa shape index (κ1) is 18.2. The zero-order valence-corrected chi connectivity index (χ0v) is 13.2. The largest absolute Gasteiger partial charge is 0.409 e. The summed E-state index contributed by atoms with van der Waals surface area (Å²) in [7, 11) is -3.25. The van der Waals surface area contributed by atoms with Crippen LogP contribution in [0.25, 0.3) is 0 Å². The van der Waals surface area contributed by atoms with Gasteiger partial charge in [0.1, 0.15) is 11.9 Å². The SMILES string of the molecule is CN([C@H](c1ccc(F)cc1)C(F)(F)F)S(=O)(=O)C1CCOCC1. The van der Waals surface area contributed by atoms with E-state index in [1.54, 1.807) is 0 Å². The van der Waals surface area contributed by atoms with Crippen molar-refractivity contribution >= 4 is 10.0 Å². The fourth-order valence-corrected chi connectivity index (χ4v) is 4.40. The molecule has 0 aliphatic carbocycles. The van der Waals surface area contributed by atoms with Gasteiger partial charge in [-0.1, -0.05) is 12.1 Å². The Bertz CT molecular complexity index is 624. The topological polar surface area (TPSA) is 46.6 Å². The molecule has 1 heterocycles. The summed E-state index contributed by atoms with van der Waals surface area (Å²) in [5.74, 6) is -0.690. The average Bonchev–Trinajstić information content (AvgIpc) is 2.49. The number of rotatable bonds is 4.